The molecule has 3 nitrogen and oxygen atoms in total. The number of aromatic nitrogens is 1. The maximum atomic E-state index is 9.89. The summed E-state index contributed by atoms with van der Waals surface area (Å²) < 4.78 is 0. The Morgan fingerprint density at radius 1 is 1.50 bits per heavy atom. The van der Waals surface area contributed by atoms with E-state index in [1.54, 1.807) is 11.3 Å². The predicted octanol–water partition coefficient (Wildman–Crippen LogP) is 2.69. The van der Waals surface area contributed by atoms with Crippen LogP contribution in [0.15, 0.2) is 5.38 Å². The minimum Gasteiger partial charge on any atom is -0.393 e. The van der Waals surface area contributed by atoms with Crippen LogP contribution in [0.5, 0.6) is 0 Å². The molecule has 0 aliphatic carbocycles. The molecule has 0 aromatic carbocycles. The van der Waals surface area contributed by atoms with E-state index in [0.717, 1.165) is 38.9 Å². The Morgan fingerprint density at radius 3 is 3.06 bits per heavy atom. The minimum atomic E-state index is -0.0997. The lowest BCUT2D eigenvalue weighted by Crippen LogP contribution is -2.42. The van der Waals surface area contributed by atoms with Gasteiger partial charge in [-0.2, -0.15) is 0 Å². The van der Waals surface area contributed by atoms with E-state index in [4.69, 9.17) is 0 Å². The lowest BCUT2D eigenvalue weighted by molar-refractivity contribution is 0.0218. The van der Waals surface area contributed by atoms with Crippen LogP contribution < -0.4 is 0 Å². The van der Waals surface area contributed by atoms with E-state index in [1.165, 1.54) is 17.1 Å². The fourth-order valence-electron chi connectivity index (χ4n) is 2.62. The normalized spacial score (nSPS) is 25.5. The molecule has 1 aromatic rings. The number of nitrogens with zero attached hydrogens (tertiary/aromatic N) is 2. The molecule has 2 heterocycles. The van der Waals surface area contributed by atoms with Crippen molar-refractivity contribution < 1.29 is 5.11 Å². The maximum Gasteiger partial charge on any atom is 0.0928 e. The molecule has 2 atom stereocenters. The molecule has 1 aromatic heterocycles. The smallest absolute Gasteiger partial charge is 0.0928 e. The molecule has 0 spiro atoms. The number of hydrogen-bond donors (Lipinski definition) is 1. The first-order valence-corrected chi connectivity index (χ1v) is 7.94. The first kappa shape index (κ1) is 14.0. The van der Waals surface area contributed by atoms with Crippen LogP contribution in [0.1, 0.15) is 43.8 Å². The lowest BCUT2D eigenvalue weighted by Gasteiger charge is -2.35. The molecular weight excluding hydrogens is 244 g/mol. The molecule has 1 N–H and O–H groups in total. The van der Waals surface area contributed by atoms with Crippen LogP contribution in [0, 0.1) is 5.92 Å². The Hall–Kier alpha value is -0.450. The summed E-state index contributed by atoms with van der Waals surface area (Å²) in [7, 11) is 0. The molecule has 0 saturated carbocycles. The third-order valence-corrected chi connectivity index (χ3v) is 4.71. The zero-order valence-electron chi connectivity index (χ0n) is 11.4. The number of hydrogen-bond acceptors (Lipinski definition) is 4. The van der Waals surface area contributed by atoms with Crippen LogP contribution in [-0.4, -0.2) is 34.2 Å². The number of likely N-dealkylation sites (tertiary alicyclic amines) is 1. The lowest BCUT2D eigenvalue weighted by atomic mass is 9.92. The molecule has 1 saturated heterocycles. The summed E-state index contributed by atoms with van der Waals surface area (Å²) in [6, 6.07) is 0. The van der Waals surface area contributed by atoms with E-state index < -0.39 is 0 Å². The molecule has 0 bridgehead atoms. The van der Waals surface area contributed by atoms with Crippen molar-refractivity contribution in [2.75, 3.05) is 13.1 Å². The van der Waals surface area contributed by atoms with Crippen molar-refractivity contribution in [3.05, 3.63) is 16.1 Å². The fraction of sp³-hybridized carbons (Fsp3) is 0.786. The first-order valence-electron chi connectivity index (χ1n) is 7.06. The number of aliphatic hydroxyl groups excluding tert-OH is 1. The third-order valence-electron chi connectivity index (χ3n) is 3.75. The van der Waals surface area contributed by atoms with E-state index >= 15 is 0 Å². The molecule has 2 rings (SSSR count). The van der Waals surface area contributed by atoms with Gasteiger partial charge in [-0.25, -0.2) is 4.98 Å². The predicted molar refractivity (Wildman–Crippen MR) is 75.8 cm³/mol. The number of piperidine rings is 1. The molecular formula is C14H24N2OS. The Morgan fingerprint density at radius 2 is 2.33 bits per heavy atom. The number of aliphatic hydroxyl groups is 1. The molecule has 1 fully saturated rings. The standard InChI is InChI=1S/C14H24N2OS/c1-3-5-14-15-12(10-18-14)9-16-7-6-13(17)11(4-2)8-16/h10-11,13,17H,3-9H2,1-2H3. The quantitative estimate of drug-likeness (QED) is 0.892. The summed E-state index contributed by atoms with van der Waals surface area (Å²) in [6.45, 7) is 7.32. The molecule has 1 aliphatic heterocycles. The molecule has 4 heteroatoms. The zero-order valence-corrected chi connectivity index (χ0v) is 12.2. The van der Waals surface area contributed by atoms with Crippen LogP contribution in [-0.2, 0) is 13.0 Å². The Balaban J connectivity index is 1.88. The van der Waals surface area contributed by atoms with Gasteiger partial charge in [-0.3, -0.25) is 4.90 Å². The third kappa shape index (κ3) is 3.53. The van der Waals surface area contributed by atoms with Gasteiger partial charge in [0.15, 0.2) is 0 Å². The highest BCUT2D eigenvalue weighted by Crippen LogP contribution is 2.22. The monoisotopic (exact) mass is 268 g/mol. The van der Waals surface area contributed by atoms with E-state index in [-0.39, 0.29) is 6.10 Å². The van der Waals surface area contributed by atoms with Gasteiger partial charge in [0.2, 0.25) is 0 Å². The van der Waals surface area contributed by atoms with E-state index in [2.05, 4.69) is 29.1 Å². The average Bonchev–Trinajstić information content (AvgIpc) is 2.80. The van der Waals surface area contributed by atoms with Crippen molar-refractivity contribution in [1.29, 1.82) is 0 Å². The highest BCUT2D eigenvalue weighted by Gasteiger charge is 2.26. The fourth-order valence-corrected chi connectivity index (χ4v) is 3.51. The van der Waals surface area contributed by atoms with Gasteiger partial charge in [0.25, 0.3) is 0 Å². The van der Waals surface area contributed by atoms with Gasteiger partial charge in [0.05, 0.1) is 16.8 Å². The van der Waals surface area contributed by atoms with Gasteiger partial charge in [0, 0.05) is 25.0 Å². The van der Waals surface area contributed by atoms with Gasteiger partial charge in [0.1, 0.15) is 0 Å². The topological polar surface area (TPSA) is 36.4 Å². The van der Waals surface area contributed by atoms with Crippen LogP contribution in [0.2, 0.25) is 0 Å². The van der Waals surface area contributed by atoms with Crippen molar-refractivity contribution in [3.8, 4) is 0 Å². The largest absolute Gasteiger partial charge is 0.393 e. The summed E-state index contributed by atoms with van der Waals surface area (Å²) in [5.74, 6) is 0.437. The Bertz CT molecular complexity index is 366. The van der Waals surface area contributed by atoms with Crippen molar-refractivity contribution >= 4 is 11.3 Å². The van der Waals surface area contributed by atoms with Crippen molar-refractivity contribution in [1.82, 2.24) is 9.88 Å². The van der Waals surface area contributed by atoms with E-state index in [9.17, 15) is 5.11 Å². The van der Waals surface area contributed by atoms with E-state index in [0.29, 0.717) is 5.92 Å². The summed E-state index contributed by atoms with van der Waals surface area (Å²) in [4.78, 5) is 7.11. The van der Waals surface area contributed by atoms with Crippen LogP contribution in [0.3, 0.4) is 0 Å². The summed E-state index contributed by atoms with van der Waals surface area (Å²) in [6.07, 6.45) is 4.14. The van der Waals surface area contributed by atoms with Crippen LogP contribution in [0.4, 0.5) is 0 Å². The number of thiazole rings is 1. The van der Waals surface area contributed by atoms with Crippen molar-refractivity contribution in [2.45, 2.75) is 52.2 Å². The van der Waals surface area contributed by atoms with Gasteiger partial charge in [-0.15, -0.1) is 11.3 Å². The highest BCUT2D eigenvalue weighted by molar-refractivity contribution is 7.09. The minimum absolute atomic E-state index is 0.0997. The van der Waals surface area contributed by atoms with Crippen molar-refractivity contribution in [2.24, 2.45) is 5.92 Å². The maximum absolute atomic E-state index is 9.89. The van der Waals surface area contributed by atoms with Gasteiger partial charge >= 0.3 is 0 Å². The zero-order chi connectivity index (χ0) is 13.0. The van der Waals surface area contributed by atoms with Crippen molar-refractivity contribution in [3.63, 3.8) is 0 Å². The summed E-state index contributed by atoms with van der Waals surface area (Å²) >= 11 is 1.78. The second-order valence-corrected chi connectivity index (χ2v) is 6.18. The van der Waals surface area contributed by atoms with Gasteiger partial charge in [-0.05, 0) is 31.6 Å². The van der Waals surface area contributed by atoms with E-state index in [1.807, 2.05) is 0 Å². The van der Waals surface area contributed by atoms with Gasteiger partial charge in [-0.1, -0.05) is 13.8 Å². The Labute approximate surface area is 114 Å². The molecule has 1 aliphatic rings. The van der Waals surface area contributed by atoms with Gasteiger partial charge < -0.3 is 5.11 Å². The SMILES string of the molecule is CCCc1nc(CN2CCC(O)C(CC)C2)cs1. The molecule has 0 radical (unpaired) electrons. The van der Waals surface area contributed by atoms with Crippen LogP contribution in [0.25, 0.3) is 0 Å². The second-order valence-electron chi connectivity index (χ2n) is 5.24. The molecule has 2 unspecified atom stereocenters. The molecule has 18 heavy (non-hydrogen) atoms. The average molecular weight is 268 g/mol. The summed E-state index contributed by atoms with van der Waals surface area (Å²) in [5.41, 5.74) is 1.20. The Kier molecular flexibility index (Phi) is 5.15. The molecule has 0 amide bonds. The number of rotatable bonds is 5. The first-order chi connectivity index (χ1) is 8.72. The summed E-state index contributed by atoms with van der Waals surface area (Å²) in [5, 5.41) is 13.3. The highest BCUT2D eigenvalue weighted by atomic mass is 32.1. The second kappa shape index (κ2) is 6.64. The molecule has 102 valence electrons. The van der Waals surface area contributed by atoms with Crippen LogP contribution >= 0.6 is 11.3 Å². The number of aryl methyl sites for hydroxylation is 1.